The van der Waals surface area contributed by atoms with Crippen LogP contribution in [-0.2, 0) is 23.1 Å². The highest BCUT2D eigenvalue weighted by atomic mass is 32.2. The molecule has 0 unspecified atom stereocenters. The summed E-state index contributed by atoms with van der Waals surface area (Å²) in [6.07, 6.45) is 1.73. The van der Waals surface area contributed by atoms with Gasteiger partial charge in [-0.15, -0.1) is 0 Å². The van der Waals surface area contributed by atoms with Crippen molar-refractivity contribution in [2.45, 2.75) is 45.7 Å². The van der Waals surface area contributed by atoms with Gasteiger partial charge in [0.25, 0.3) is 0 Å². The van der Waals surface area contributed by atoms with Crippen molar-refractivity contribution in [3.8, 4) is 0 Å². The second-order valence-corrected chi connectivity index (χ2v) is 7.46. The number of aromatic nitrogens is 1. The zero-order valence-corrected chi connectivity index (χ0v) is 14.0. The number of nitrogens with zero attached hydrogens (tertiary/aromatic N) is 2. The molecule has 0 spiro atoms. The molecule has 6 heteroatoms. The second-order valence-electron chi connectivity index (χ2n) is 5.41. The molecule has 0 aliphatic rings. The quantitative estimate of drug-likeness (QED) is 0.798. The van der Waals surface area contributed by atoms with Gasteiger partial charge in [-0.3, -0.25) is 0 Å². The number of rotatable bonds is 8. The Kier molecular flexibility index (Phi) is 6.23. The van der Waals surface area contributed by atoms with Crippen LogP contribution in [0.5, 0.6) is 0 Å². The fourth-order valence-corrected chi connectivity index (χ4v) is 3.55. The Morgan fingerprint density at radius 2 is 2.00 bits per heavy atom. The maximum atomic E-state index is 12.5. The Bertz CT molecular complexity index is 521. The first-order chi connectivity index (χ1) is 9.32. The molecule has 0 aliphatic carbocycles. The summed E-state index contributed by atoms with van der Waals surface area (Å²) < 4.78 is 28.4. The number of aryl methyl sites for hydroxylation is 1. The Labute approximate surface area is 123 Å². The van der Waals surface area contributed by atoms with Gasteiger partial charge in [-0.1, -0.05) is 20.8 Å². The topological polar surface area (TPSA) is 54.3 Å². The van der Waals surface area contributed by atoms with E-state index in [1.165, 1.54) is 4.31 Å². The van der Waals surface area contributed by atoms with Gasteiger partial charge in [0.1, 0.15) is 4.90 Å². The third-order valence-electron chi connectivity index (χ3n) is 3.19. The predicted octanol–water partition coefficient (Wildman–Crippen LogP) is 1.89. The lowest BCUT2D eigenvalue weighted by molar-refractivity contribution is 0.417. The molecule has 0 aromatic carbocycles. The van der Waals surface area contributed by atoms with Gasteiger partial charge >= 0.3 is 0 Å². The molecule has 20 heavy (non-hydrogen) atoms. The molecular formula is C14H27N3O2S. The van der Waals surface area contributed by atoms with Gasteiger partial charge in [-0.05, 0) is 25.5 Å². The lowest BCUT2D eigenvalue weighted by Crippen LogP contribution is -2.30. The molecule has 1 heterocycles. The molecule has 1 aromatic heterocycles. The standard InChI is InChI=1S/C14H27N3O2S/c1-6-15-9-13-8-14(11-17(13)7-2)20(18,19)16(5)10-12(3)4/h8,11-12,15H,6-7,9-10H2,1-5H3. The second kappa shape index (κ2) is 7.24. The van der Waals surface area contributed by atoms with E-state index >= 15 is 0 Å². The fraction of sp³-hybridized carbons (Fsp3) is 0.714. The lowest BCUT2D eigenvalue weighted by Gasteiger charge is -2.18. The summed E-state index contributed by atoms with van der Waals surface area (Å²) in [6.45, 7) is 10.9. The van der Waals surface area contributed by atoms with Crippen molar-refractivity contribution in [2.75, 3.05) is 20.1 Å². The van der Waals surface area contributed by atoms with Gasteiger partial charge in [-0.2, -0.15) is 0 Å². The van der Waals surface area contributed by atoms with E-state index in [9.17, 15) is 8.42 Å². The van der Waals surface area contributed by atoms with E-state index in [0.29, 0.717) is 23.9 Å². The summed E-state index contributed by atoms with van der Waals surface area (Å²) in [5.41, 5.74) is 1.01. The van der Waals surface area contributed by atoms with Crippen LogP contribution in [0.15, 0.2) is 17.2 Å². The average molecular weight is 301 g/mol. The minimum atomic E-state index is -3.39. The minimum Gasteiger partial charge on any atom is -0.349 e. The summed E-state index contributed by atoms with van der Waals surface area (Å²) in [4.78, 5) is 0.385. The highest BCUT2D eigenvalue weighted by Gasteiger charge is 2.23. The Hall–Kier alpha value is -0.850. The number of sulfonamides is 1. The van der Waals surface area contributed by atoms with Crippen LogP contribution in [0.1, 0.15) is 33.4 Å². The Morgan fingerprint density at radius 1 is 1.35 bits per heavy atom. The summed E-state index contributed by atoms with van der Waals surface area (Å²) >= 11 is 0. The third kappa shape index (κ3) is 4.07. The highest BCUT2D eigenvalue weighted by molar-refractivity contribution is 7.89. The first-order valence-electron chi connectivity index (χ1n) is 7.19. The molecule has 1 rings (SSSR count). The molecule has 0 fully saturated rings. The van der Waals surface area contributed by atoms with Crippen LogP contribution in [0.2, 0.25) is 0 Å². The van der Waals surface area contributed by atoms with Crippen molar-refractivity contribution < 1.29 is 8.42 Å². The number of hydrogen-bond acceptors (Lipinski definition) is 3. The van der Waals surface area contributed by atoms with Gasteiger partial charge < -0.3 is 9.88 Å². The molecule has 0 saturated carbocycles. The normalized spacial score (nSPS) is 12.6. The molecule has 5 nitrogen and oxygen atoms in total. The summed E-state index contributed by atoms with van der Waals surface area (Å²) in [6, 6.07) is 1.78. The molecule has 0 atom stereocenters. The van der Waals surface area contributed by atoms with Gasteiger partial charge in [-0.25, -0.2) is 12.7 Å². The van der Waals surface area contributed by atoms with E-state index in [-0.39, 0.29) is 0 Å². The SMILES string of the molecule is CCNCc1cc(S(=O)(=O)N(C)CC(C)C)cn1CC. The number of nitrogens with one attached hydrogen (secondary N) is 1. The zero-order valence-electron chi connectivity index (χ0n) is 13.2. The highest BCUT2D eigenvalue weighted by Crippen LogP contribution is 2.19. The van der Waals surface area contributed by atoms with E-state index in [1.807, 2.05) is 32.3 Å². The molecule has 116 valence electrons. The predicted molar refractivity (Wildman–Crippen MR) is 82.1 cm³/mol. The van der Waals surface area contributed by atoms with Crippen LogP contribution in [0.3, 0.4) is 0 Å². The Balaban J connectivity index is 3.03. The maximum Gasteiger partial charge on any atom is 0.244 e. The van der Waals surface area contributed by atoms with E-state index < -0.39 is 10.0 Å². The number of hydrogen-bond donors (Lipinski definition) is 1. The van der Waals surface area contributed by atoms with E-state index in [1.54, 1.807) is 19.3 Å². The van der Waals surface area contributed by atoms with Crippen molar-refractivity contribution in [2.24, 2.45) is 5.92 Å². The molecular weight excluding hydrogens is 274 g/mol. The van der Waals surface area contributed by atoms with Crippen LogP contribution < -0.4 is 5.32 Å². The first-order valence-corrected chi connectivity index (χ1v) is 8.63. The largest absolute Gasteiger partial charge is 0.349 e. The average Bonchev–Trinajstić information content (AvgIpc) is 2.79. The molecule has 0 saturated heterocycles. The molecule has 0 bridgehead atoms. The molecule has 1 N–H and O–H groups in total. The lowest BCUT2D eigenvalue weighted by atomic mass is 10.2. The van der Waals surface area contributed by atoms with Crippen LogP contribution >= 0.6 is 0 Å². The molecule has 1 aromatic rings. The maximum absolute atomic E-state index is 12.5. The zero-order chi connectivity index (χ0) is 15.3. The summed E-state index contributed by atoms with van der Waals surface area (Å²) in [5.74, 6) is 0.310. The van der Waals surface area contributed by atoms with Crippen LogP contribution in [0.25, 0.3) is 0 Å². The van der Waals surface area contributed by atoms with Crippen molar-refractivity contribution >= 4 is 10.0 Å². The molecule has 0 aliphatic heterocycles. The molecule has 0 radical (unpaired) electrons. The smallest absolute Gasteiger partial charge is 0.244 e. The van der Waals surface area contributed by atoms with Crippen LogP contribution in [0, 0.1) is 5.92 Å². The Morgan fingerprint density at radius 3 is 2.50 bits per heavy atom. The van der Waals surface area contributed by atoms with E-state index in [4.69, 9.17) is 0 Å². The summed E-state index contributed by atoms with van der Waals surface area (Å²) in [7, 11) is -1.74. The van der Waals surface area contributed by atoms with E-state index in [0.717, 1.165) is 18.8 Å². The third-order valence-corrected chi connectivity index (χ3v) is 4.98. The van der Waals surface area contributed by atoms with Crippen molar-refractivity contribution in [1.82, 2.24) is 14.2 Å². The summed E-state index contributed by atoms with van der Waals surface area (Å²) in [5, 5.41) is 3.24. The fourth-order valence-electron chi connectivity index (χ4n) is 2.15. The van der Waals surface area contributed by atoms with Gasteiger partial charge in [0, 0.05) is 38.6 Å². The van der Waals surface area contributed by atoms with Crippen molar-refractivity contribution in [3.05, 3.63) is 18.0 Å². The van der Waals surface area contributed by atoms with Crippen molar-refractivity contribution in [3.63, 3.8) is 0 Å². The van der Waals surface area contributed by atoms with Gasteiger partial charge in [0.15, 0.2) is 0 Å². The van der Waals surface area contributed by atoms with Gasteiger partial charge in [0.2, 0.25) is 10.0 Å². The van der Waals surface area contributed by atoms with E-state index in [2.05, 4.69) is 5.32 Å². The minimum absolute atomic E-state index is 0.310. The molecule has 0 amide bonds. The van der Waals surface area contributed by atoms with Gasteiger partial charge in [0.05, 0.1) is 0 Å². The monoisotopic (exact) mass is 301 g/mol. The van der Waals surface area contributed by atoms with Crippen LogP contribution in [0.4, 0.5) is 0 Å². The van der Waals surface area contributed by atoms with Crippen LogP contribution in [-0.4, -0.2) is 37.4 Å². The van der Waals surface area contributed by atoms with Crippen molar-refractivity contribution in [1.29, 1.82) is 0 Å². The first kappa shape index (κ1) is 17.2.